The van der Waals surface area contributed by atoms with E-state index in [-0.39, 0.29) is 5.91 Å². The summed E-state index contributed by atoms with van der Waals surface area (Å²) in [4.78, 5) is 22.9. The number of hydrogen-bond acceptors (Lipinski definition) is 5. The molecule has 1 heterocycles. The Balaban J connectivity index is 1.61. The molecule has 0 saturated carbocycles. The molecule has 26 heavy (non-hydrogen) atoms. The Labute approximate surface area is 151 Å². The number of fused-ring (bicyclic) bond motifs is 1. The van der Waals surface area contributed by atoms with Crippen molar-refractivity contribution in [1.82, 2.24) is 0 Å². The fourth-order valence-electron chi connectivity index (χ4n) is 2.41. The van der Waals surface area contributed by atoms with Crippen molar-refractivity contribution < 1.29 is 23.8 Å². The summed E-state index contributed by atoms with van der Waals surface area (Å²) >= 11 is 0. The Morgan fingerprint density at radius 2 is 1.77 bits per heavy atom. The number of hydrogen-bond donors (Lipinski definition) is 1. The Morgan fingerprint density at radius 3 is 2.50 bits per heavy atom. The molecule has 0 spiro atoms. The van der Waals surface area contributed by atoms with Gasteiger partial charge in [-0.05, 0) is 48.0 Å². The van der Waals surface area contributed by atoms with Gasteiger partial charge in [0.2, 0.25) is 5.91 Å². The number of benzene rings is 2. The molecule has 0 radical (unpaired) electrons. The number of rotatable bonds is 4. The van der Waals surface area contributed by atoms with Crippen LogP contribution in [0, 0.1) is 0 Å². The largest absolute Gasteiger partial charge is 0.490 e. The molecule has 0 unspecified atom stereocenters. The van der Waals surface area contributed by atoms with Gasteiger partial charge in [-0.1, -0.05) is 6.07 Å². The van der Waals surface area contributed by atoms with Crippen LogP contribution in [-0.2, 0) is 9.59 Å². The smallest absolute Gasteiger partial charge is 0.336 e. The lowest BCUT2D eigenvalue weighted by Gasteiger charge is -2.07. The normalized spacial score (nSPS) is 13.1. The number of carbonyl (C=O) groups excluding carboxylic acids is 2. The Hall–Kier alpha value is -3.28. The van der Waals surface area contributed by atoms with Crippen LogP contribution in [0.15, 0.2) is 48.5 Å². The summed E-state index contributed by atoms with van der Waals surface area (Å²) in [5.41, 5.74) is 1.45. The summed E-state index contributed by atoms with van der Waals surface area (Å²) < 4.78 is 16.4. The van der Waals surface area contributed by atoms with Gasteiger partial charge in [0.15, 0.2) is 11.5 Å². The fraction of sp³-hybridized carbons (Fsp3) is 0.200. The van der Waals surface area contributed by atoms with E-state index in [1.54, 1.807) is 30.3 Å². The van der Waals surface area contributed by atoms with Gasteiger partial charge in [0.05, 0.1) is 13.2 Å². The highest BCUT2D eigenvalue weighted by atomic mass is 16.5. The highest BCUT2D eigenvalue weighted by Crippen LogP contribution is 2.30. The highest BCUT2D eigenvalue weighted by Gasteiger charge is 2.10. The Kier molecular flexibility index (Phi) is 5.53. The summed E-state index contributed by atoms with van der Waals surface area (Å²) in [5.74, 6) is 1.12. The Bertz CT molecular complexity index is 827. The van der Waals surface area contributed by atoms with E-state index in [1.165, 1.54) is 13.0 Å². The quantitative estimate of drug-likeness (QED) is 0.518. The molecule has 6 nitrogen and oxygen atoms in total. The summed E-state index contributed by atoms with van der Waals surface area (Å²) in [5, 5.41) is 2.65. The minimum Gasteiger partial charge on any atom is -0.490 e. The zero-order chi connectivity index (χ0) is 18.4. The molecule has 1 amide bonds. The van der Waals surface area contributed by atoms with E-state index >= 15 is 0 Å². The van der Waals surface area contributed by atoms with Crippen molar-refractivity contribution in [2.45, 2.75) is 13.3 Å². The summed E-state index contributed by atoms with van der Waals surface area (Å²) in [6.07, 6.45) is 3.84. The summed E-state index contributed by atoms with van der Waals surface area (Å²) in [6.45, 7) is 2.67. The first-order chi connectivity index (χ1) is 12.6. The first-order valence-corrected chi connectivity index (χ1v) is 8.27. The number of nitrogens with one attached hydrogen (secondary N) is 1. The molecule has 1 aliphatic heterocycles. The second-order valence-corrected chi connectivity index (χ2v) is 5.72. The van der Waals surface area contributed by atoms with Crippen molar-refractivity contribution in [1.29, 1.82) is 0 Å². The first kappa shape index (κ1) is 17.5. The van der Waals surface area contributed by atoms with E-state index in [0.29, 0.717) is 36.1 Å². The molecule has 3 rings (SSSR count). The van der Waals surface area contributed by atoms with E-state index in [1.807, 2.05) is 18.2 Å². The lowest BCUT2D eigenvalue weighted by molar-refractivity contribution is -0.128. The zero-order valence-electron chi connectivity index (χ0n) is 14.4. The summed E-state index contributed by atoms with van der Waals surface area (Å²) in [7, 11) is 0. The SMILES string of the molecule is CC(=O)Nc1ccc(OC(=O)C=Cc2ccc3c(c2)OCCCO3)cc1. The maximum Gasteiger partial charge on any atom is 0.336 e. The molecule has 1 N–H and O–H groups in total. The molecule has 2 aromatic carbocycles. The predicted octanol–water partition coefficient (Wildman–Crippen LogP) is 3.43. The van der Waals surface area contributed by atoms with Gasteiger partial charge in [-0.15, -0.1) is 0 Å². The highest BCUT2D eigenvalue weighted by molar-refractivity contribution is 5.90. The van der Waals surface area contributed by atoms with Crippen LogP contribution in [0.4, 0.5) is 5.69 Å². The number of amides is 1. The van der Waals surface area contributed by atoms with Crippen LogP contribution < -0.4 is 19.5 Å². The summed E-state index contributed by atoms with van der Waals surface area (Å²) in [6, 6.07) is 12.1. The van der Waals surface area contributed by atoms with Crippen LogP contribution in [0.25, 0.3) is 6.08 Å². The topological polar surface area (TPSA) is 73.9 Å². The molecule has 0 aliphatic carbocycles. The molecule has 0 saturated heterocycles. The van der Waals surface area contributed by atoms with Gasteiger partial charge in [-0.2, -0.15) is 0 Å². The Morgan fingerprint density at radius 1 is 1.04 bits per heavy atom. The van der Waals surface area contributed by atoms with Crippen molar-refractivity contribution in [2.24, 2.45) is 0 Å². The maximum atomic E-state index is 12.0. The van der Waals surface area contributed by atoms with Crippen LogP contribution in [0.2, 0.25) is 0 Å². The third-order valence-corrected chi connectivity index (χ3v) is 3.58. The number of carbonyl (C=O) groups is 2. The van der Waals surface area contributed by atoms with Crippen molar-refractivity contribution in [3.05, 3.63) is 54.1 Å². The van der Waals surface area contributed by atoms with Crippen LogP contribution in [0.3, 0.4) is 0 Å². The lowest BCUT2D eigenvalue weighted by Crippen LogP contribution is -2.06. The molecule has 6 heteroatoms. The van der Waals surface area contributed by atoms with E-state index in [9.17, 15) is 9.59 Å². The third-order valence-electron chi connectivity index (χ3n) is 3.58. The number of ether oxygens (including phenoxy) is 3. The van der Waals surface area contributed by atoms with Crippen molar-refractivity contribution in [2.75, 3.05) is 18.5 Å². The van der Waals surface area contributed by atoms with Crippen LogP contribution in [-0.4, -0.2) is 25.1 Å². The first-order valence-electron chi connectivity index (χ1n) is 8.27. The van der Waals surface area contributed by atoms with Gasteiger partial charge in [-0.3, -0.25) is 4.79 Å². The van der Waals surface area contributed by atoms with Crippen LogP contribution in [0.5, 0.6) is 17.2 Å². The zero-order valence-corrected chi connectivity index (χ0v) is 14.4. The van der Waals surface area contributed by atoms with Crippen LogP contribution in [0.1, 0.15) is 18.9 Å². The van der Waals surface area contributed by atoms with Gasteiger partial charge in [0.1, 0.15) is 5.75 Å². The monoisotopic (exact) mass is 353 g/mol. The minimum absolute atomic E-state index is 0.159. The van der Waals surface area contributed by atoms with Crippen molar-refractivity contribution >= 4 is 23.6 Å². The van der Waals surface area contributed by atoms with E-state index in [2.05, 4.69) is 5.32 Å². The molecule has 0 fully saturated rings. The molecule has 1 aliphatic rings. The molecule has 0 aromatic heterocycles. The minimum atomic E-state index is -0.496. The van der Waals surface area contributed by atoms with Gasteiger partial charge < -0.3 is 19.5 Å². The molecule has 2 aromatic rings. The van der Waals surface area contributed by atoms with Gasteiger partial charge in [0.25, 0.3) is 0 Å². The third kappa shape index (κ3) is 4.86. The lowest BCUT2D eigenvalue weighted by atomic mass is 10.2. The van der Waals surface area contributed by atoms with Gasteiger partial charge in [0, 0.05) is 25.1 Å². The second kappa shape index (κ2) is 8.20. The molecule has 134 valence electrons. The average Bonchev–Trinajstić information content (AvgIpc) is 2.86. The molecular weight excluding hydrogens is 334 g/mol. The average molecular weight is 353 g/mol. The number of esters is 1. The second-order valence-electron chi connectivity index (χ2n) is 5.72. The molecule has 0 atom stereocenters. The van der Waals surface area contributed by atoms with Crippen LogP contribution >= 0.6 is 0 Å². The van der Waals surface area contributed by atoms with Crippen molar-refractivity contribution in [3.8, 4) is 17.2 Å². The van der Waals surface area contributed by atoms with Crippen molar-refractivity contribution in [3.63, 3.8) is 0 Å². The number of anilines is 1. The maximum absolute atomic E-state index is 12.0. The van der Waals surface area contributed by atoms with E-state index in [4.69, 9.17) is 14.2 Å². The fourth-order valence-corrected chi connectivity index (χ4v) is 2.41. The van der Waals surface area contributed by atoms with Gasteiger partial charge in [-0.25, -0.2) is 4.79 Å². The van der Waals surface area contributed by atoms with E-state index in [0.717, 1.165) is 12.0 Å². The van der Waals surface area contributed by atoms with Gasteiger partial charge >= 0.3 is 5.97 Å². The standard InChI is InChI=1S/C20H19NO5/c1-14(22)21-16-5-7-17(8-6-16)26-20(23)10-4-15-3-9-18-19(13-15)25-12-2-11-24-18/h3-10,13H,2,11-12H2,1H3,(H,21,22). The van der Waals surface area contributed by atoms with E-state index < -0.39 is 5.97 Å². The predicted molar refractivity (Wildman–Crippen MR) is 97.5 cm³/mol. The molecular formula is C20H19NO5. The molecule has 0 bridgehead atoms.